The molecule has 3 heteroatoms. The molecular formula is C10H17N3. The number of aromatic amines is 1. The summed E-state index contributed by atoms with van der Waals surface area (Å²) in [6.45, 7) is 8.68. The minimum atomic E-state index is 0.630. The molecule has 1 aromatic heterocycles. The first kappa shape index (κ1) is 8.75. The summed E-state index contributed by atoms with van der Waals surface area (Å²) >= 11 is 0. The first-order chi connectivity index (χ1) is 6.16. The highest BCUT2D eigenvalue weighted by Crippen LogP contribution is 2.17. The van der Waals surface area contributed by atoms with Gasteiger partial charge in [-0.25, -0.2) is 4.98 Å². The molecule has 0 aromatic carbocycles. The van der Waals surface area contributed by atoms with Crippen molar-refractivity contribution in [3.63, 3.8) is 0 Å². The summed E-state index contributed by atoms with van der Waals surface area (Å²) in [6.07, 6.45) is 1.12. The van der Waals surface area contributed by atoms with Gasteiger partial charge in [0.15, 0.2) is 0 Å². The monoisotopic (exact) mass is 179 g/mol. The predicted molar refractivity (Wildman–Crippen MR) is 52.6 cm³/mol. The van der Waals surface area contributed by atoms with Crippen LogP contribution in [0.25, 0.3) is 0 Å². The van der Waals surface area contributed by atoms with Gasteiger partial charge in [-0.15, -0.1) is 0 Å². The summed E-state index contributed by atoms with van der Waals surface area (Å²) < 4.78 is 0. The number of hydrogen-bond donors (Lipinski definition) is 1. The number of fused-ring (bicyclic) bond motifs is 1. The molecule has 2 heterocycles. The van der Waals surface area contributed by atoms with Crippen LogP contribution < -0.4 is 0 Å². The molecule has 1 aliphatic rings. The second-order valence-corrected chi connectivity index (χ2v) is 4.06. The van der Waals surface area contributed by atoms with Gasteiger partial charge in [-0.2, -0.15) is 0 Å². The third-order valence-corrected chi connectivity index (χ3v) is 2.71. The number of nitrogens with one attached hydrogen (secondary N) is 1. The standard InChI is InChI=1S/C10H17N3/c1-7(2)13-5-4-9-10(6-13)12-8(3)11-9/h7H,4-6H2,1-3H3,(H,11,12). The zero-order chi connectivity index (χ0) is 9.42. The highest BCUT2D eigenvalue weighted by Gasteiger charge is 2.20. The molecule has 0 fully saturated rings. The lowest BCUT2D eigenvalue weighted by atomic mass is 10.1. The van der Waals surface area contributed by atoms with Crippen LogP contribution in [-0.4, -0.2) is 27.5 Å². The minimum Gasteiger partial charge on any atom is -0.346 e. The first-order valence-electron chi connectivity index (χ1n) is 4.95. The van der Waals surface area contributed by atoms with Gasteiger partial charge >= 0.3 is 0 Å². The van der Waals surface area contributed by atoms with Gasteiger partial charge in [-0.3, -0.25) is 4.90 Å². The lowest BCUT2D eigenvalue weighted by Crippen LogP contribution is -2.35. The van der Waals surface area contributed by atoms with Crippen LogP contribution >= 0.6 is 0 Å². The predicted octanol–water partition coefficient (Wildman–Crippen LogP) is 1.48. The number of aromatic nitrogens is 2. The Bertz CT molecular complexity index is 301. The van der Waals surface area contributed by atoms with Crippen LogP contribution in [0.1, 0.15) is 31.1 Å². The van der Waals surface area contributed by atoms with E-state index in [2.05, 4.69) is 28.7 Å². The van der Waals surface area contributed by atoms with E-state index >= 15 is 0 Å². The van der Waals surface area contributed by atoms with Crippen molar-refractivity contribution in [2.75, 3.05) is 6.54 Å². The van der Waals surface area contributed by atoms with Crippen molar-refractivity contribution in [2.24, 2.45) is 0 Å². The molecule has 0 aliphatic carbocycles. The fourth-order valence-electron chi connectivity index (χ4n) is 1.89. The minimum absolute atomic E-state index is 0.630. The molecule has 13 heavy (non-hydrogen) atoms. The van der Waals surface area contributed by atoms with Crippen molar-refractivity contribution in [3.05, 3.63) is 17.2 Å². The lowest BCUT2D eigenvalue weighted by Gasteiger charge is -2.29. The maximum absolute atomic E-state index is 4.49. The Morgan fingerprint density at radius 2 is 2.23 bits per heavy atom. The Balaban J connectivity index is 2.19. The number of imidazole rings is 1. The smallest absolute Gasteiger partial charge is 0.103 e. The second-order valence-electron chi connectivity index (χ2n) is 4.06. The quantitative estimate of drug-likeness (QED) is 0.708. The van der Waals surface area contributed by atoms with E-state index in [9.17, 15) is 0 Å². The molecule has 0 bridgehead atoms. The number of nitrogens with zero attached hydrogens (tertiary/aromatic N) is 2. The van der Waals surface area contributed by atoms with Gasteiger partial charge in [-0.05, 0) is 20.8 Å². The molecule has 1 N–H and O–H groups in total. The topological polar surface area (TPSA) is 31.9 Å². The average Bonchev–Trinajstić information content (AvgIpc) is 2.42. The number of H-pyrrole nitrogens is 1. The van der Waals surface area contributed by atoms with E-state index in [4.69, 9.17) is 0 Å². The van der Waals surface area contributed by atoms with Crippen LogP contribution in [0, 0.1) is 6.92 Å². The molecule has 2 rings (SSSR count). The first-order valence-corrected chi connectivity index (χ1v) is 4.95. The van der Waals surface area contributed by atoms with E-state index in [1.807, 2.05) is 6.92 Å². The van der Waals surface area contributed by atoms with Gasteiger partial charge in [0.1, 0.15) is 5.82 Å². The van der Waals surface area contributed by atoms with E-state index in [0.717, 1.165) is 25.3 Å². The Hall–Kier alpha value is -0.830. The Morgan fingerprint density at radius 3 is 2.92 bits per heavy atom. The van der Waals surface area contributed by atoms with Gasteiger partial charge < -0.3 is 4.98 Å². The summed E-state index contributed by atoms with van der Waals surface area (Å²) in [6, 6.07) is 0.630. The zero-order valence-electron chi connectivity index (χ0n) is 8.59. The molecule has 1 aromatic rings. The SMILES string of the molecule is Cc1nc2c([nH]1)CCN(C(C)C)C2. The van der Waals surface area contributed by atoms with Crippen LogP contribution in [0.15, 0.2) is 0 Å². The van der Waals surface area contributed by atoms with Crippen molar-refractivity contribution >= 4 is 0 Å². The summed E-state index contributed by atoms with van der Waals surface area (Å²) in [5.74, 6) is 1.05. The van der Waals surface area contributed by atoms with Crippen LogP contribution in [0.3, 0.4) is 0 Å². The summed E-state index contributed by atoms with van der Waals surface area (Å²) in [5.41, 5.74) is 2.59. The largest absolute Gasteiger partial charge is 0.346 e. The Labute approximate surface area is 79.2 Å². The number of aryl methyl sites for hydroxylation is 1. The van der Waals surface area contributed by atoms with Crippen molar-refractivity contribution < 1.29 is 0 Å². The fraction of sp³-hybridized carbons (Fsp3) is 0.700. The third kappa shape index (κ3) is 1.61. The van der Waals surface area contributed by atoms with Crippen molar-refractivity contribution in [1.29, 1.82) is 0 Å². The highest BCUT2D eigenvalue weighted by atomic mass is 15.2. The van der Waals surface area contributed by atoms with Crippen LogP contribution in [0.4, 0.5) is 0 Å². The molecule has 72 valence electrons. The van der Waals surface area contributed by atoms with Gasteiger partial charge in [0.2, 0.25) is 0 Å². The molecule has 0 unspecified atom stereocenters. The summed E-state index contributed by atoms with van der Waals surface area (Å²) in [4.78, 5) is 10.3. The van der Waals surface area contributed by atoms with Crippen molar-refractivity contribution in [2.45, 2.75) is 39.8 Å². The van der Waals surface area contributed by atoms with E-state index in [1.165, 1.54) is 11.4 Å². The highest BCUT2D eigenvalue weighted by molar-refractivity contribution is 5.17. The van der Waals surface area contributed by atoms with Crippen LogP contribution in [0.2, 0.25) is 0 Å². The van der Waals surface area contributed by atoms with Crippen LogP contribution in [-0.2, 0) is 13.0 Å². The van der Waals surface area contributed by atoms with E-state index in [-0.39, 0.29) is 0 Å². The summed E-state index contributed by atoms with van der Waals surface area (Å²) in [7, 11) is 0. The second kappa shape index (κ2) is 3.14. The molecular weight excluding hydrogens is 162 g/mol. The molecule has 0 radical (unpaired) electrons. The lowest BCUT2D eigenvalue weighted by molar-refractivity contribution is 0.200. The van der Waals surface area contributed by atoms with E-state index in [1.54, 1.807) is 0 Å². The molecule has 3 nitrogen and oxygen atoms in total. The van der Waals surface area contributed by atoms with Gasteiger partial charge in [-0.1, -0.05) is 0 Å². The maximum atomic E-state index is 4.49. The third-order valence-electron chi connectivity index (χ3n) is 2.71. The number of hydrogen-bond acceptors (Lipinski definition) is 2. The molecule has 0 saturated carbocycles. The summed E-state index contributed by atoms with van der Waals surface area (Å²) in [5, 5.41) is 0. The zero-order valence-corrected chi connectivity index (χ0v) is 8.59. The van der Waals surface area contributed by atoms with Gasteiger partial charge in [0, 0.05) is 31.2 Å². The van der Waals surface area contributed by atoms with Gasteiger partial charge in [0.05, 0.1) is 5.69 Å². The fourth-order valence-corrected chi connectivity index (χ4v) is 1.89. The Kier molecular flexibility index (Phi) is 2.12. The number of rotatable bonds is 1. The Morgan fingerprint density at radius 1 is 1.46 bits per heavy atom. The van der Waals surface area contributed by atoms with Crippen molar-refractivity contribution in [3.8, 4) is 0 Å². The van der Waals surface area contributed by atoms with Crippen LogP contribution in [0.5, 0.6) is 0 Å². The van der Waals surface area contributed by atoms with Crippen molar-refractivity contribution in [1.82, 2.24) is 14.9 Å². The molecule has 0 atom stereocenters. The molecule has 0 amide bonds. The molecule has 0 spiro atoms. The molecule has 0 saturated heterocycles. The average molecular weight is 179 g/mol. The molecule has 1 aliphatic heterocycles. The normalized spacial score (nSPS) is 17.8. The van der Waals surface area contributed by atoms with E-state index in [0.29, 0.717) is 6.04 Å². The van der Waals surface area contributed by atoms with E-state index < -0.39 is 0 Å². The maximum Gasteiger partial charge on any atom is 0.103 e. The van der Waals surface area contributed by atoms with Gasteiger partial charge in [0.25, 0.3) is 0 Å².